The van der Waals surface area contributed by atoms with Crippen LogP contribution in [0.5, 0.6) is 0 Å². The average molecular weight is 305 g/mol. The Hall–Kier alpha value is -1.19. The quantitative estimate of drug-likeness (QED) is 0.932. The summed E-state index contributed by atoms with van der Waals surface area (Å²) in [7, 11) is 0. The first-order chi connectivity index (χ1) is 8.58. The number of pyridine rings is 1. The van der Waals surface area contributed by atoms with Gasteiger partial charge in [0, 0.05) is 28.3 Å². The zero-order valence-electron chi connectivity index (χ0n) is 10.6. The molecule has 0 bridgehead atoms. The van der Waals surface area contributed by atoms with E-state index in [2.05, 4.69) is 53.0 Å². The fourth-order valence-corrected chi connectivity index (χ4v) is 2.70. The molecule has 2 nitrogen and oxygen atoms in total. The van der Waals surface area contributed by atoms with Gasteiger partial charge in [-0.25, -0.2) is 0 Å². The highest BCUT2D eigenvalue weighted by Gasteiger charge is 2.18. The molecule has 2 rings (SSSR count). The van der Waals surface area contributed by atoms with Crippen molar-refractivity contribution in [3.8, 4) is 0 Å². The summed E-state index contributed by atoms with van der Waals surface area (Å²) in [6.07, 6.45) is 1.81. The minimum absolute atomic E-state index is 0.0453. The maximum absolute atomic E-state index is 6.35. The fraction of sp³-hybridized carbons (Fsp3) is 0.267. The highest BCUT2D eigenvalue weighted by molar-refractivity contribution is 9.10. The number of aromatic nitrogens is 1. The number of nitrogens with zero attached hydrogens (tertiary/aromatic N) is 1. The third-order valence-electron chi connectivity index (χ3n) is 3.14. The number of halogens is 1. The Morgan fingerprint density at radius 1 is 1.22 bits per heavy atom. The third kappa shape index (κ3) is 2.98. The molecule has 1 aromatic carbocycles. The lowest BCUT2D eigenvalue weighted by Crippen LogP contribution is -2.18. The molecule has 1 heterocycles. The van der Waals surface area contributed by atoms with Gasteiger partial charge in [0.15, 0.2) is 0 Å². The summed E-state index contributed by atoms with van der Waals surface area (Å²) in [6, 6.07) is 12.2. The monoisotopic (exact) mass is 304 g/mol. The van der Waals surface area contributed by atoms with Crippen LogP contribution in [0.25, 0.3) is 0 Å². The first-order valence-electron chi connectivity index (χ1n) is 6.01. The van der Waals surface area contributed by atoms with Gasteiger partial charge in [-0.05, 0) is 42.3 Å². The predicted octanol–water partition coefficient (Wildman–Crippen LogP) is 3.96. The van der Waals surface area contributed by atoms with Gasteiger partial charge in [-0.2, -0.15) is 0 Å². The smallest absolute Gasteiger partial charge is 0.0450 e. The number of rotatable bonds is 3. The molecular formula is C15H17BrN2. The summed E-state index contributed by atoms with van der Waals surface area (Å²) in [5.74, 6) is 0.194. The first kappa shape index (κ1) is 13.2. The summed E-state index contributed by atoms with van der Waals surface area (Å²) < 4.78 is 1.07. The lowest BCUT2D eigenvalue weighted by Gasteiger charge is -2.20. The van der Waals surface area contributed by atoms with E-state index in [1.165, 1.54) is 5.56 Å². The largest absolute Gasteiger partial charge is 0.323 e. The SMILES string of the molecule is Cc1cc(Br)cc(C(N)C(C)c2ccccn2)c1. The van der Waals surface area contributed by atoms with Crippen molar-refractivity contribution in [1.82, 2.24) is 4.98 Å². The molecule has 2 N–H and O–H groups in total. The Morgan fingerprint density at radius 3 is 2.61 bits per heavy atom. The summed E-state index contributed by atoms with van der Waals surface area (Å²) in [4.78, 5) is 4.38. The Kier molecular flexibility index (Phi) is 4.15. The van der Waals surface area contributed by atoms with E-state index in [0.717, 1.165) is 15.7 Å². The van der Waals surface area contributed by atoms with Crippen LogP contribution in [0.4, 0.5) is 0 Å². The Morgan fingerprint density at radius 2 is 2.00 bits per heavy atom. The third-order valence-corrected chi connectivity index (χ3v) is 3.60. The lowest BCUT2D eigenvalue weighted by molar-refractivity contribution is 0.583. The first-order valence-corrected chi connectivity index (χ1v) is 6.81. The molecule has 0 amide bonds. The van der Waals surface area contributed by atoms with Gasteiger partial charge in [0.05, 0.1) is 0 Å². The molecule has 2 unspecified atom stereocenters. The minimum Gasteiger partial charge on any atom is -0.323 e. The van der Waals surface area contributed by atoms with Crippen molar-refractivity contribution in [1.29, 1.82) is 0 Å². The summed E-state index contributed by atoms with van der Waals surface area (Å²) >= 11 is 3.52. The van der Waals surface area contributed by atoms with Crippen LogP contribution >= 0.6 is 15.9 Å². The zero-order valence-corrected chi connectivity index (χ0v) is 12.2. The van der Waals surface area contributed by atoms with E-state index < -0.39 is 0 Å². The second-order valence-corrected chi connectivity index (χ2v) is 5.55. The second-order valence-electron chi connectivity index (χ2n) is 4.63. The molecule has 0 aliphatic heterocycles. The van der Waals surface area contributed by atoms with Crippen LogP contribution in [-0.4, -0.2) is 4.98 Å². The molecule has 0 aliphatic rings. The maximum Gasteiger partial charge on any atom is 0.0450 e. The van der Waals surface area contributed by atoms with Crippen molar-refractivity contribution < 1.29 is 0 Å². The van der Waals surface area contributed by atoms with Crippen molar-refractivity contribution in [3.05, 3.63) is 63.9 Å². The summed E-state index contributed by atoms with van der Waals surface area (Å²) in [5, 5.41) is 0. The van der Waals surface area contributed by atoms with E-state index in [4.69, 9.17) is 5.73 Å². The molecule has 0 saturated heterocycles. The Bertz CT molecular complexity index is 505. The molecule has 0 spiro atoms. The molecule has 94 valence electrons. The van der Waals surface area contributed by atoms with Gasteiger partial charge < -0.3 is 5.73 Å². The lowest BCUT2D eigenvalue weighted by atomic mass is 9.91. The van der Waals surface area contributed by atoms with Gasteiger partial charge in [-0.3, -0.25) is 4.98 Å². The van der Waals surface area contributed by atoms with Crippen LogP contribution in [0.1, 0.15) is 35.7 Å². The van der Waals surface area contributed by atoms with E-state index in [9.17, 15) is 0 Å². The van der Waals surface area contributed by atoms with E-state index in [0.29, 0.717) is 0 Å². The molecule has 0 radical (unpaired) electrons. The van der Waals surface area contributed by atoms with Crippen LogP contribution in [0, 0.1) is 6.92 Å². The molecule has 0 saturated carbocycles. The number of benzene rings is 1. The molecule has 3 heteroatoms. The number of nitrogens with two attached hydrogens (primary N) is 1. The van der Waals surface area contributed by atoms with Gasteiger partial charge in [-0.15, -0.1) is 0 Å². The molecule has 0 aliphatic carbocycles. The number of aryl methyl sites for hydroxylation is 1. The Balaban J connectivity index is 2.28. The van der Waals surface area contributed by atoms with E-state index >= 15 is 0 Å². The highest BCUT2D eigenvalue weighted by Crippen LogP contribution is 2.29. The van der Waals surface area contributed by atoms with Gasteiger partial charge >= 0.3 is 0 Å². The van der Waals surface area contributed by atoms with Crippen LogP contribution in [0.3, 0.4) is 0 Å². The fourth-order valence-electron chi connectivity index (χ4n) is 2.08. The van der Waals surface area contributed by atoms with E-state index in [1.54, 1.807) is 0 Å². The predicted molar refractivity (Wildman–Crippen MR) is 78.5 cm³/mol. The second kappa shape index (κ2) is 5.63. The summed E-state index contributed by atoms with van der Waals surface area (Å²) in [5.41, 5.74) is 9.73. The topological polar surface area (TPSA) is 38.9 Å². The van der Waals surface area contributed by atoms with Gasteiger partial charge in [0.1, 0.15) is 0 Å². The van der Waals surface area contributed by atoms with E-state index in [-0.39, 0.29) is 12.0 Å². The number of hydrogen-bond acceptors (Lipinski definition) is 2. The number of hydrogen-bond donors (Lipinski definition) is 1. The van der Waals surface area contributed by atoms with Gasteiger partial charge in [0.2, 0.25) is 0 Å². The standard InChI is InChI=1S/C15H17BrN2/c1-10-7-12(9-13(16)8-10)15(17)11(2)14-5-3-4-6-18-14/h3-9,11,15H,17H2,1-2H3. The normalized spacial score (nSPS) is 14.2. The van der Waals surface area contributed by atoms with Crippen molar-refractivity contribution >= 4 is 15.9 Å². The maximum atomic E-state index is 6.35. The zero-order chi connectivity index (χ0) is 13.1. The molecule has 18 heavy (non-hydrogen) atoms. The van der Waals surface area contributed by atoms with E-state index in [1.807, 2.05) is 24.4 Å². The minimum atomic E-state index is -0.0453. The van der Waals surface area contributed by atoms with Crippen LogP contribution < -0.4 is 5.73 Å². The van der Waals surface area contributed by atoms with Crippen molar-refractivity contribution in [2.45, 2.75) is 25.8 Å². The highest BCUT2D eigenvalue weighted by atomic mass is 79.9. The molecule has 2 atom stereocenters. The molecule has 2 aromatic rings. The van der Waals surface area contributed by atoms with Crippen LogP contribution in [-0.2, 0) is 0 Å². The summed E-state index contributed by atoms with van der Waals surface area (Å²) in [6.45, 7) is 4.19. The van der Waals surface area contributed by atoms with Crippen molar-refractivity contribution in [2.75, 3.05) is 0 Å². The Labute approximate surface area is 116 Å². The van der Waals surface area contributed by atoms with Gasteiger partial charge in [-0.1, -0.05) is 35.0 Å². The van der Waals surface area contributed by atoms with Crippen molar-refractivity contribution in [2.24, 2.45) is 5.73 Å². The van der Waals surface area contributed by atoms with Crippen LogP contribution in [0.2, 0.25) is 0 Å². The molecule has 1 aromatic heterocycles. The van der Waals surface area contributed by atoms with Crippen molar-refractivity contribution in [3.63, 3.8) is 0 Å². The molecular weight excluding hydrogens is 288 g/mol. The van der Waals surface area contributed by atoms with Gasteiger partial charge in [0.25, 0.3) is 0 Å². The van der Waals surface area contributed by atoms with Crippen LogP contribution in [0.15, 0.2) is 47.1 Å². The molecule has 0 fully saturated rings. The average Bonchev–Trinajstić information content (AvgIpc) is 2.37.